The van der Waals surface area contributed by atoms with Crippen LogP contribution in [0.1, 0.15) is 57.4 Å². The molecule has 2 rings (SSSR count). The lowest BCUT2D eigenvalue weighted by Crippen LogP contribution is -2.18. The summed E-state index contributed by atoms with van der Waals surface area (Å²) >= 11 is 0. The van der Waals surface area contributed by atoms with Gasteiger partial charge < -0.3 is 10.3 Å². The highest BCUT2D eigenvalue weighted by molar-refractivity contribution is 5.83. The van der Waals surface area contributed by atoms with Crippen molar-refractivity contribution in [3.63, 3.8) is 0 Å². The Morgan fingerprint density at radius 2 is 1.67 bits per heavy atom. The van der Waals surface area contributed by atoms with Gasteiger partial charge in [-0.1, -0.05) is 63.6 Å². The zero-order chi connectivity index (χ0) is 14.8. The summed E-state index contributed by atoms with van der Waals surface area (Å²) in [5, 5.41) is 4.95. The number of rotatable bonds is 11. The maximum absolute atomic E-state index is 3.58. The SMILES string of the molecule is CCCCCCCCCNCCc1c[nH]c2ccccc12. The predicted molar refractivity (Wildman–Crippen MR) is 92.9 cm³/mol. The molecular formula is C19H30N2. The normalized spacial score (nSPS) is 11.3. The fourth-order valence-corrected chi connectivity index (χ4v) is 2.89. The number of hydrogen-bond donors (Lipinski definition) is 2. The summed E-state index contributed by atoms with van der Waals surface area (Å²) in [5.74, 6) is 0. The lowest BCUT2D eigenvalue weighted by Gasteiger charge is -2.04. The Balaban J connectivity index is 1.52. The van der Waals surface area contributed by atoms with Crippen LogP contribution in [0, 0.1) is 0 Å². The largest absolute Gasteiger partial charge is 0.361 e. The van der Waals surface area contributed by atoms with E-state index < -0.39 is 0 Å². The first-order valence-electron chi connectivity index (χ1n) is 8.67. The summed E-state index contributed by atoms with van der Waals surface area (Å²) in [6, 6.07) is 8.55. The molecule has 2 aromatic rings. The van der Waals surface area contributed by atoms with Crippen molar-refractivity contribution in [2.24, 2.45) is 0 Å². The van der Waals surface area contributed by atoms with Gasteiger partial charge in [0.05, 0.1) is 0 Å². The molecule has 0 atom stereocenters. The Morgan fingerprint density at radius 3 is 2.52 bits per heavy atom. The molecule has 1 aromatic heterocycles. The highest BCUT2D eigenvalue weighted by Gasteiger charge is 2.01. The van der Waals surface area contributed by atoms with Crippen molar-refractivity contribution in [2.75, 3.05) is 13.1 Å². The van der Waals surface area contributed by atoms with Gasteiger partial charge in [0, 0.05) is 17.1 Å². The molecule has 21 heavy (non-hydrogen) atoms. The molecule has 0 fully saturated rings. The van der Waals surface area contributed by atoms with Crippen LogP contribution in [0.4, 0.5) is 0 Å². The lowest BCUT2D eigenvalue weighted by atomic mass is 10.1. The van der Waals surface area contributed by atoms with Crippen LogP contribution in [-0.2, 0) is 6.42 Å². The first-order valence-corrected chi connectivity index (χ1v) is 8.67. The summed E-state index contributed by atoms with van der Waals surface area (Å²) < 4.78 is 0. The highest BCUT2D eigenvalue weighted by atomic mass is 14.8. The number of unbranched alkanes of at least 4 members (excludes halogenated alkanes) is 6. The molecule has 0 saturated heterocycles. The van der Waals surface area contributed by atoms with Gasteiger partial charge >= 0.3 is 0 Å². The Hall–Kier alpha value is -1.28. The van der Waals surface area contributed by atoms with Gasteiger partial charge in [0.1, 0.15) is 0 Å². The second-order valence-electron chi connectivity index (χ2n) is 5.98. The number of aromatic amines is 1. The predicted octanol–water partition coefficient (Wildman–Crippen LogP) is 5.05. The standard InChI is InChI=1S/C19H30N2/c1-2-3-4-5-6-7-10-14-20-15-13-17-16-21-19-12-9-8-11-18(17)19/h8-9,11-12,16,20-21H,2-7,10,13-15H2,1H3. The number of H-pyrrole nitrogens is 1. The highest BCUT2D eigenvalue weighted by Crippen LogP contribution is 2.17. The van der Waals surface area contributed by atoms with Crippen LogP contribution in [0.3, 0.4) is 0 Å². The second-order valence-corrected chi connectivity index (χ2v) is 5.98. The van der Waals surface area contributed by atoms with Gasteiger partial charge in [0.15, 0.2) is 0 Å². The Kier molecular flexibility index (Phi) is 7.37. The van der Waals surface area contributed by atoms with Crippen molar-refractivity contribution in [3.05, 3.63) is 36.0 Å². The number of aromatic nitrogens is 1. The van der Waals surface area contributed by atoms with Crippen LogP contribution < -0.4 is 5.32 Å². The third kappa shape index (κ3) is 5.55. The van der Waals surface area contributed by atoms with E-state index in [2.05, 4.69) is 47.7 Å². The molecule has 2 heteroatoms. The molecule has 0 radical (unpaired) electrons. The van der Waals surface area contributed by atoms with Crippen molar-refractivity contribution in [3.8, 4) is 0 Å². The minimum Gasteiger partial charge on any atom is -0.361 e. The van der Waals surface area contributed by atoms with Crippen LogP contribution in [-0.4, -0.2) is 18.1 Å². The van der Waals surface area contributed by atoms with E-state index in [1.807, 2.05) is 0 Å². The van der Waals surface area contributed by atoms with Gasteiger partial charge in [0.2, 0.25) is 0 Å². The first-order chi connectivity index (χ1) is 10.4. The number of hydrogen-bond acceptors (Lipinski definition) is 1. The fourth-order valence-electron chi connectivity index (χ4n) is 2.89. The molecule has 1 heterocycles. The maximum Gasteiger partial charge on any atom is 0.0456 e. The fraction of sp³-hybridized carbons (Fsp3) is 0.579. The van der Waals surface area contributed by atoms with E-state index >= 15 is 0 Å². The van der Waals surface area contributed by atoms with Gasteiger partial charge in [-0.25, -0.2) is 0 Å². The van der Waals surface area contributed by atoms with Crippen LogP contribution in [0.15, 0.2) is 30.5 Å². The van der Waals surface area contributed by atoms with E-state index in [4.69, 9.17) is 0 Å². The van der Waals surface area contributed by atoms with Gasteiger partial charge in [0.25, 0.3) is 0 Å². The van der Waals surface area contributed by atoms with Gasteiger partial charge in [-0.3, -0.25) is 0 Å². The van der Waals surface area contributed by atoms with Crippen LogP contribution >= 0.6 is 0 Å². The van der Waals surface area contributed by atoms with Crippen molar-refractivity contribution in [2.45, 2.75) is 58.3 Å². The van der Waals surface area contributed by atoms with E-state index in [1.165, 1.54) is 61.4 Å². The molecular weight excluding hydrogens is 256 g/mol. The number of benzene rings is 1. The average molecular weight is 286 g/mol. The molecule has 0 aliphatic rings. The monoisotopic (exact) mass is 286 g/mol. The third-order valence-electron chi connectivity index (χ3n) is 4.20. The van der Waals surface area contributed by atoms with E-state index in [0.717, 1.165) is 19.5 Å². The van der Waals surface area contributed by atoms with Crippen molar-refractivity contribution < 1.29 is 0 Å². The molecule has 0 saturated carbocycles. The van der Waals surface area contributed by atoms with Crippen LogP contribution in [0.25, 0.3) is 10.9 Å². The maximum atomic E-state index is 3.58. The Bertz CT molecular complexity index is 501. The number of nitrogens with one attached hydrogen (secondary N) is 2. The van der Waals surface area contributed by atoms with Crippen molar-refractivity contribution in [1.29, 1.82) is 0 Å². The quantitative estimate of drug-likeness (QED) is 0.556. The minimum absolute atomic E-state index is 1.08. The van der Waals surface area contributed by atoms with Crippen LogP contribution in [0.5, 0.6) is 0 Å². The number of para-hydroxylation sites is 1. The minimum atomic E-state index is 1.08. The summed E-state index contributed by atoms with van der Waals surface area (Å²) in [4.78, 5) is 3.35. The first kappa shape index (κ1) is 16.1. The zero-order valence-corrected chi connectivity index (χ0v) is 13.5. The van der Waals surface area contributed by atoms with E-state index in [1.54, 1.807) is 0 Å². The molecule has 0 amide bonds. The van der Waals surface area contributed by atoms with Gasteiger partial charge in [-0.05, 0) is 37.6 Å². The summed E-state index contributed by atoms with van der Waals surface area (Å²) in [5.41, 5.74) is 2.68. The molecule has 0 aliphatic heterocycles. The molecule has 0 unspecified atom stereocenters. The van der Waals surface area contributed by atoms with E-state index in [-0.39, 0.29) is 0 Å². The summed E-state index contributed by atoms with van der Waals surface area (Å²) in [7, 11) is 0. The lowest BCUT2D eigenvalue weighted by molar-refractivity contribution is 0.563. The summed E-state index contributed by atoms with van der Waals surface area (Å²) in [6.07, 6.45) is 13.0. The van der Waals surface area contributed by atoms with Gasteiger partial charge in [-0.15, -0.1) is 0 Å². The van der Waals surface area contributed by atoms with E-state index in [9.17, 15) is 0 Å². The second kappa shape index (κ2) is 9.62. The average Bonchev–Trinajstić information content (AvgIpc) is 2.92. The topological polar surface area (TPSA) is 27.8 Å². The van der Waals surface area contributed by atoms with Gasteiger partial charge in [-0.2, -0.15) is 0 Å². The molecule has 0 bridgehead atoms. The molecule has 2 N–H and O–H groups in total. The number of fused-ring (bicyclic) bond motifs is 1. The molecule has 0 spiro atoms. The third-order valence-corrected chi connectivity index (χ3v) is 4.20. The molecule has 0 aliphatic carbocycles. The Morgan fingerprint density at radius 1 is 0.905 bits per heavy atom. The molecule has 2 nitrogen and oxygen atoms in total. The van der Waals surface area contributed by atoms with Crippen molar-refractivity contribution >= 4 is 10.9 Å². The zero-order valence-electron chi connectivity index (χ0n) is 13.5. The van der Waals surface area contributed by atoms with Crippen LogP contribution in [0.2, 0.25) is 0 Å². The smallest absolute Gasteiger partial charge is 0.0456 e. The molecule has 116 valence electrons. The van der Waals surface area contributed by atoms with E-state index in [0.29, 0.717) is 0 Å². The Labute approximate surface area is 129 Å². The molecule has 1 aromatic carbocycles. The van der Waals surface area contributed by atoms with Crippen molar-refractivity contribution in [1.82, 2.24) is 10.3 Å². The summed E-state index contributed by atoms with van der Waals surface area (Å²) in [6.45, 7) is 4.52.